The molecule has 2 aliphatic carbocycles. The highest BCUT2D eigenvalue weighted by atomic mass is 28.4. The van der Waals surface area contributed by atoms with Crippen molar-refractivity contribution in [3.63, 3.8) is 0 Å². The standard InChI is InChI=1S/C20H32OSi/c1-15(2)22(6,17-10-8-7-9-11-17)21-18-14-16-12-13-20(18,5)19(16,3)4/h7-11,15-16,18H,12-14H2,1-6H3. The van der Waals surface area contributed by atoms with Gasteiger partial charge in [0.25, 0.3) is 0 Å². The van der Waals surface area contributed by atoms with Crippen LogP contribution in [0.1, 0.15) is 53.9 Å². The Bertz CT molecular complexity index is 538. The van der Waals surface area contributed by atoms with Gasteiger partial charge in [-0.05, 0) is 53.3 Å². The molecule has 0 spiro atoms. The highest BCUT2D eigenvalue weighted by Gasteiger charge is 2.63. The van der Waals surface area contributed by atoms with E-state index in [1.165, 1.54) is 24.4 Å². The molecular formula is C20H32OSi. The molecule has 3 rings (SSSR count). The molecule has 0 heterocycles. The molecule has 0 amide bonds. The lowest BCUT2D eigenvalue weighted by atomic mass is 9.70. The SMILES string of the molecule is CC(C)[Si](C)(OC1CC2CCC1(C)C2(C)C)c1ccccc1. The van der Waals surface area contributed by atoms with Crippen molar-refractivity contribution >= 4 is 13.5 Å². The molecule has 4 atom stereocenters. The summed E-state index contributed by atoms with van der Waals surface area (Å²) in [5.74, 6) is 0.851. The summed E-state index contributed by atoms with van der Waals surface area (Å²) in [7, 11) is -1.91. The van der Waals surface area contributed by atoms with Crippen LogP contribution in [0.4, 0.5) is 0 Å². The van der Waals surface area contributed by atoms with E-state index in [1.807, 2.05) is 0 Å². The molecule has 122 valence electrons. The van der Waals surface area contributed by atoms with Gasteiger partial charge in [0.2, 0.25) is 8.32 Å². The Hall–Kier alpha value is -0.603. The second kappa shape index (κ2) is 5.21. The predicted molar refractivity (Wildman–Crippen MR) is 96.9 cm³/mol. The third-order valence-electron chi connectivity index (χ3n) is 7.55. The predicted octanol–water partition coefficient (Wildman–Crippen LogP) is 5.11. The normalized spacial score (nSPS) is 35.8. The highest BCUT2D eigenvalue weighted by Crippen LogP contribution is 2.66. The molecule has 2 heteroatoms. The molecule has 0 N–H and O–H groups in total. The molecule has 1 nitrogen and oxygen atoms in total. The number of rotatable bonds is 4. The molecular weight excluding hydrogens is 284 g/mol. The quantitative estimate of drug-likeness (QED) is 0.701. The van der Waals surface area contributed by atoms with Gasteiger partial charge < -0.3 is 4.43 Å². The molecule has 0 radical (unpaired) electrons. The summed E-state index contributed by atoms with van der Waals surface area (Å²) in [6, 6.07) is 11.0. The Morgan fingerprint density at radius 1 is 1.14 bits per heavy atom. The van der Waals surface area contributed by atoms with Crippen molar-refractivity contribution in [1.82, 2.24) is 0 Å². The number of benzene rings is 1. The van der Waals surface area contributed by atoms with Crippen LogP contribution in [0.5, 0.6) is 0 Å². The molecule has 1 aromatic rings. The van der Waals surface area contributed by atoms with Crippen LogP contribution in [0, 0.1) is 16.7 Å². The summed E-state index contributed by atoms with van der Waals surface area (Å²) in [5.41, 5.74) is 1.39. The number of hydrogen-bond donors (Lipinski definition) is 0. The van der Waals surface area contributed by atoms with Gasteiger partial charge in [0.15, 0.2) is 0 Å². The third-order valence-corrected chi connectivity index (χ3v) is 12.0. The van der Waals surface area contributed by atoms with Crippen molar-refractivity contribution in [2.24, 2.45) is 16.7 Å². The maximum Gasteiger partial charge on any atom is 0.224 e. The lowest BCUT2D eigenvalue weighted by Crippen LogP contribution is -2.55. The monoisotopic (exact) mass is 316 g/mol. The Morgan fingerprint density at radius 2 is 1.77 bits per heavy atom. The van der Waals surface area contributed by atoms with E-state index in [0.717, 1.165) is 5.92 Å². The summed E-state index contributed by atoms with van der Waals surface area (Å²) in [6.07, 6.45) is 4.45. The first kappa shape index (κ1) is 16.3. The van der Waals surface area contributed by atoms with Crippen molar-refractivity contribution in [2.45, 2.75) is 72.1 Å². The summed E-state index contributed by atoms with van der Waals surface area (Å²) in [4.78, 5) is 0. The average molecular weight is 317 g/mol. The van der Waals surface area contributed by atoms with Gasteiger partial charge in [0.05, 0.1) is 6.10 Å². The van der Waals surface area contributed by atoms with E-state index in [9.17, 15) is 0 Å². The van der Waals surface area contributed by atoms with Crippen LogP contribution in [0.25, 0.3) is 0 Å². The molecule has 2 fully saturated rings. The number of hydrogen-bond acceptors (Lipinski definition) is 1. The fraction of sp³-hybridized carbons (Fsp3) is 0.700. The number of fused-ring (bicyclic) bond motifs is 2. The zero-order valence-electron chi connectivity index (χ0n) is 15.1. The molecule has 0 saturated heterocycles. The van der Waals surface area contributed by atoms with Gasteiger partial charge in [0.1, 0.15) is 0 Å². The molecule has 2 saturated carbocycles. The lowest BCUT2D eigenvalue weighted by Gasteiger charge is -2.44. The maximum absolute atomic E-state index is 7.06. The van der Waals surface area contributed by atoms with Crippen molar-refractivity contribution in [3.05, 3.63) is 30.3 Å². The van der Waals surface area contributed by atoms with Crippen LogP contribution in [-0.4, -0.2) is 14.4 Å². The minimum atomic E-state index is -1.91. The van der Waals surface area contributed by atoms with Gasteiger partial charge in [-0.25, -0.2) is 0 Å². The van der Waals surface area contributed by atoms with E-state index in [2.05, 4.69) is 71.5 Å². The van der Waals surface area contributed by atoms with Crippen molar-refractivity contribution in [1.29, 1.82) is 0 Å². The summed E-state index contributed by atoms with van der Waals surface area (Å²) in [5, 5.41) is 1.45. The highest BCUT2D eigenvalue weighted by molar-refractivity contribution is 6.86. The minimum Gasteiger partial charge on any atom is -0.409 e. The van der Waals surface area contributed by atoms with E-state index in [-0.39, 0.29) is 0 Å². The van der Waals surface area contributed by atoms with Crippen molar-refractivity contribution < 1.29 is 4.43 Å². The average Bonchev–Trinajstić information content (AvgIpc) is 2.81. The molecule has 22 heavy (non-hydrogen) atoms. The summed E-state index contributed by atoms with van der Waals surface area (Å²) >= 11 is 0. The first-order valence-corrected chi connectivity index (χ1v) is 11.4. The van der Waals surface area contributed by atoms with Crippen molar-refractivity contribution in [2.75, 3.05) is 0 Å². The second-order valence-electron chi connectivity index (χ2n) is 8.84. The molecule has 2 aliphatic rings. The molecule has 0 aromatic heterocycles. The Labute approximate surface area is 137 Å². The molecule has 0 aliphatic heterocycles. The minimum absolute atomic E-state index is 0.357. The second-order valence-corrected chi connectivity index (χ2v) is 13.0. The van der Waals surface area contributed by atoms with Crippen LogP contribution in [0.2, 0.25) is 12.1 Å². The zero-order chi connectivity index (χ0) is 16.2. The smallest absolute Gasteiger partial charge is 0.224 e. The third kappa shape index (κ3) is 2.14. The van der Waals surface area contributed by atoms with Crippen LogP contribution < -0.4 is 5.19 Å². The van der Waals surface area contributed by atoms with Crippen LogP contribution in [0.3, 0.4) is 0 Å². The van der Waals surface area contributed by atoms with E-state index in [1.54, 1.807) is 0 Å². The van der Waals surface area contributed by atoms with E-state index >= 15 is 0 Å². The fourth-order valence-electron chi connectivity index (χ4n) is 4.91. The Morgan fingerprint density at radius 3 is 2.23 bits per heavy atom. The van der Waals surface area contributed by atoms with Crippen molar-refractivity contribution in [3.8, 4) is 0 Å². The van der Waals surface area contributed by atoms with Gasteiger partial charge in [-0.1, -0.05) is 65.0 Å². The van der Waals surface area contributed by atoms with Gasteiger partial charge in [-0.2, -0.15) is 0 Å². The summed E-state index contributed by atoms with van der Waals surface area (Å²) < 4.78 is 7.06. The Kier molecular flexibility index (Phi) is 3.85. The lowest BCUT2D eigenvalue weighted by molar-refractivity contribution is 0.0243. The van der Waals surface area contributed by atoms with Crippen LogP contribution in [0.15, 0.2) is 30.3 Å². The maximum atomic E-state index is 7.06. The zero-order valence-corrected chi connectivity index (χ0v) is 16.1. The van der Waals surface area contributed by atoms with E-state index in [0.29, 0.717) is 22.5 Å². The molecule has 1 aromatic carbocycles. The van der Waals surface area contributed by atoms with E-state index in [4.69, 9.17) is 4.43 Å². The van der Waals surface area contributed by atoms with E-state index < -0.39 is 8.32 Å². The first-order chi connectivity index (χ1) is 10.2. The fourth-order valence-corrected chi connectivity index (χ4v) is 7.79. The summed E-state index contributed by atoms with van der Waals surface area (Å²) in [6.45, 7) is 14.6. The van der Waals surface area contributed by atoms with Crippen LogP contribution >= 0.6 is 0 Å². The van der Waals surface area contributed by atoms with Crippen LogP contribution in [-0.2, 0) is 4.43 Å². The van der Waals surface area contributed by atoms with Gasteiger partial charge >= 0.3 is 0 Å². The largest absolute Gasteiger partial charge is 0.409 e. The Balaban J connectivity index is 1.91. The molecule has 4 unspecified atom stereocenters. The topological polar surface area (TPSA) is 9.23 Å². The van der Waals surface area contributed by atoms with Gasteiger partial charge in [-0.3, -0.25) is 0 Å². The molecule has 2 bridgehead atoms. The van der Waals surface area contributed by atoms with Gasteiger partial charge in [-0.15, -0.1) is 0 Å². The first-order valence-electron chi connectivity index (χ1n) is 8.95. The van der Waals surface area contributed by atoms with Gasteiger partial charge in [0, 0.05) is 0 Å².